The van der Waals surface area contributed by atoms with E-state index in [-0.39, 0.29) is 0 Å². The van der Waals surface area contributed by atoms with Crippen LogP contribution in [-0.4, -0.2) is 12.4 Å². The number of nitrogens with zero attached hydrogens (tertiary/aromatic N) is 2. The monoisotopic (exact) mass is 160 g/mol. The Morgan fingerprint density at radius 2 is 1.33 bits per heavy atom. The number of aliphatic imine (C=N–C) groups is 2. The van der Waals surface area contributed by atoms with Crippen molar-refractivity contribution in [2.24, 2.45) is 9.98 Å². The van der Waals surface area contributed by atoms with Crippen LogP contribution in [0.15, 0.2) is 46.2 Å². The zero-order valence-electron chi connectivity index (χ0n) is 6.36. The lowest BCUT2D eigenvalue weighted by atomic mass is 10.5. The molecule has 4 heteroatoms. The molecule has 0 atom stereocenters. The third-order valence-electron chi connectivity index (χ3n) is 1.44. The van der Waals surface area contributed by atoms with Gasteiger partial charge in [-0.15, -0.1) is 0 Å². The molecule has 0 fully saturated rings. The van der Waals surface area contributed by atoms with Crippen molar-refractivity contribution in [3.05, 3.63) is 36.2 Å². The molecule has 12 heavy (non-hydrogen) atoms. The minimum absolute atomic E-state index is 0.734. The van der Waals surface area contributed by atoms with E-state index in [4.69, 9.17) is 0 Å². The number of hydrogen-bond acceptors (Lipinski definition) is 4. The van der Waals surface area contributed by atoms with Crippen LogP contribution < -0.4 is 10.6 Å². The quantitative estimate of drug-likeness (QED) is 0.541. The molecule has 0 aromatic heterocycles. The van der Waals surface area contributed by atoms with Gasteiger partial charge >= 0.3 is 0 Å². The number of hydrogen-bond donors (Lipinski definition) is 2. The van der Waals surface area contributed by atoms with Crippen LogP contribution in [0.25, 0.3) is 0 Å². The second-order valence-electron chi connectivity index (χ2n) is 2.26. The van der Waals surface area contributed by atoms with E-state index in [1.807, 2.05) is 24.6 Å². The molecule has 0 unspecified atom stereocenters. The number of rotatable bonds is 0. The molecule has 0 radical (unpaired) electrons. The largest absolute Gasteiger partial charge is 0.344 e. The van der Waals surface area contributed by atoms with Gasteiger partial charge in [0, 0.05) is 24.8 Å². The first kappa shape index (κ1) is 6.84. The van der Waals surface area contributed by atoms with Crippen molar-refractivity contribution in [2.45, 2.75) is 0 Å². The minimum Gasteiger partial charge on any atom is -0.344 e. The lowest BCUT2D eigenvalue weighted by molar-refractivity contribution is 0.896. The summed E-state index contributed by atoms with van der Waals surface area (Å²) in [4.78, 5) is 8.20. The molecule has 2 aliphatic heterocycles. The standard InChI is InChI=1S/C8H8N4/c1-3-9-7(10-4-1)8-11-5-2-6-12-8/h1-6,9,11H. The fourth-order valence-electron chi connectivity index (χ4n) is 0.909. The molecule has 0 bridgehead atoms. The predicted molar refractivity (Wildman–Crippen MR) is 48.6 cm³/mol. The highest BCUT2D eigenvalue weighted by molar-refractivity contribution is 5.75. The van der Waals surface area contributed by atoms with Gasteiger partial charge in [0.15, 0.2) is 11.6 Å². The molecule has 60 valence electrons. The summed E-state index contributed by atoms with van der Waals surface area (Å²) in [6, 6.07) is 0. The van der Waals surface area contributed by atoms with Crippen molar-refractivity contribution in [1.29, 1.82) is 0 Å². The van der Waals surface area contributed by atoms with E-state index in [1.165, 1.54) is 0 Å². The topological polar surface area (TPSA) is 48.8 Å². The van der Waals surface area contributed by atoms with Crippen LogP contribution in [-0.2, 0) is 0 Å². The van der Waals surface area contributed by atoms with Gasteiger partial charge in [-0.2, -0.15) is 0 Å². The van der Waals surface area contributed by atoms with Gasteiger partial charge in [-0.05, 0) is 12.2 Å². The van der Waals surface area contributed by atoms with E-state index < -0.39 is 0 Å². The summed E-state index contributed by atoms with van der Waals surface area (Å²) in [5.74, 6) is 1.47. The lowest BCUT2D eigenvalue weighted by Crippen LogP contribution is -2.17. The van der Waals surface area contributed by atoms with Gasteiger partial charge in [0.05, 0.1) is 0 Å². The van der Waals surface area contributed by atoms with Gasteiger partial charge < -0.3 is 10.6 Å². The summed E-state index contributed by atoms with van der Waals surface area (Å²) in [6.07, 6.45) is 10.7. The van der Waals surface area contributed by atoms with Crippen LogP contribution in [0.4, 0.5) is 0 Å². The predicted octanol–water partition coefficient (Wildman–Crippen LogP) is 0.488. The van der Waals surface area contributed by atoms with Gasteiger partial charge in [0.25, 0.3) is 0 Å². The van der Waals surface area contributed by atoms with Gasteiger partial charge in [-0.1, -0.05) is 0 Å². The summed E-state index contributed by atoms with van der Waals surface area (Å²) in [7, 11) is 0. The molecule has 2 aliphatic rings. The fourth-order valence-corrected chi connectivity index (χ4v) is 0.909. The Balaban J connectivity index is 2.25. The van der Waals surface area contributed by atoms with Gasteiger partial charge in [-0.25, -0.2) is 9.98 Å². The molecule has 0 aromatic rings. The van der Waals surface area contributed by atoms with Crippen molar-refractivity contribution in [3.63, 3.8) is 0 Å². The van der Waals surface area contributed by atoms with Crippen molar-refractivity contribution in [2.75, 3.05) is 0 Å². The minimum atomic E-state index is 0.734. The van der Waals surface area contributed by atoms with E-state index in [9.17, 15) is 0 Å². The van der Waals surface area contributed by atoms with Crippen LogP contribution in [0.5, 0.6) is 0 Å². The van der Waals surface area contributed by atoms with Crippen LogP contribution in [0.1, 0.15) is 0 Å². The average Bonchev–Trinajstić information content (AvgIpc) is 2.21. The molecule has 4 nitrogen and oxygen atoms in total. The Kier molecular flexibility index (Phi) is 1.74. The first-order valence-corrected chi connectivity index (χ1v) is 3.62. The summed E-state index contributed by atoms with van der Waals surface area (Å²) in [5, 5.41) is 5.96. The Labute approximate surface area is 70.1 Å². The molecule has 0 spiro atoms. The van der Waals surface area contributed by atoms with Crippen molar-refractivity contribution >= 4 is 12.4 Å². The van der Waals surface area contributed by atoms with E-state index in [0.717, 1.165) is 11.6 Å². The third-order valence-corrected chi connectivity index (χ3v) is 1.44. The molecular weight excluding hydrogens is 152 g/mol. The first-order chi connectivity index (χ1) is 5.97. The van der Waals surface area contributed by atoms with Crippen LogP contribution >= 0.6 is 0 Å². The van der Waals surface area contributed by atoms with E-state index in [0.29, 0.717) is 0 Å². The maximum Gasteiger partial charge on any atom is 0.173 e. The molecule has 0 aromatic carbocycles. The molecular formula is C8H8N4. The van der Waals surface area contributed by atoms with E-state index in [2.05, 4.69) is 20.6 Å². The highest BCUT2D eigenvalue weighted by Gasteiger charge is 2.03. The molecule has 0 saturated carbocycles. The van der Waals surface area contributed by atoms with Crippen molar-refractivity contribution in [3.8, 4) is 0 Å². The maximum absolute atomic E-state index is 4.10. The summed E-state index contributed by atoms with van der Waals surface area (Å²) < 4.78 is 0. The third kappa shape index (κ3) is 1.27. The van der Waals surface area contributed by atoms with Crippen molar-refractivity contribution in [1.82, 2.24) is 10.6 Å². The number of allylic oxidation sites excluding steroid dienone is 2. The van der Waals surface area contributed by atoms with Gasteiger partial charge in [-0.3, -0.25) is 0 Å². The van der Waals surface area contributed by atoms with E-state index >= 15 is 0 Å². The molecule has 0 aliphatic carbocycles. The normalized spacial score (nSPS) is 25.3. The Morgan fingerprint density at radius 1 is 0.833 bits per heavy atom. The molecule has 2 heterocycles. The second kappa shape index (κ2) is 3.04. The lowest BCUT2D eigenvalue weighted by Gasteiger charge is -2.10. The van der Waals surface area contributed by atoms with Crippen LogP contribution in [0.3, 0.4) is 0 Å². The highest BCUT2D eigenvalue weighted by atomic mass is 15.1. The summed E-state index contributed by atoms with van der Waals surface area (Å²) >= 11 is 0. The zero-order valence-corrected chi connectivity index (χ0v) is 6.36. The van der Waals surface area contributed by atoms with Crippen molar-refractivity contribution < 1.29 is 0 Å². The summed E-state index contributed by atoms with van der Waals surface area (Å²) in [5.41, 5.74) is 0. The average molecular weight is 160 g/mol. The zero-order chi connectivity index (χ0) is 8.23. The molecule has 2 N–H and O–H groups in total. The SMILES string of the molecule is C1=CNC(=C2N=CC=CN2)N=C1. The van der Waals surface area contributed by atoms with Crippen LogP contribution in [0.2, 0.25) is 0 Å². The summed E-state index contributed by atoms with van der Waals surface area (Å²) in [6.45, 7) is 0. The Bertz CT molecular complexity index is 288. The molecule has 0 amide bonds. The van der Waals surface area contributed by atoms with E-state index in [1.54, 1.807) is 12.4 Å². The maximum atomic E-state index is 4.10. The molecule has 0 saturated heterocycles. The second-order valence-corrected chi connectivity index (χ2v) is 2.26. The fraction of sp³-hybridized carbons (Fsp3) is 0. The number of nitrogens with one attached hydrogen (secondary N) is 2. The Morgan fingerprint density at radius 3 is 1.67 bits per heavy atom. The van der Waals surface area contributed by atoms with Crippen LogP contribution in [0, 0.1) is 0 Å². The van der Waals surface area contributed by atoms with Gasteiger partial charge in [0.1, 0.15) is 0 Å². The Hall–Kier alpha value is -1.84. The van der Waals surface area contributed by atoms with Gasteiger partial charge in [0.2, 0.25) is 0 Å². The molecule has 2 rings (SSSR count). The highest BCUT2D eigenvalue weighted by Crippen LogP contribution is 2.05. The smallest absolute Gasteiger partial charge is 0.173 e. The first-order valence-electron chi connectivity index (χ1n) is 3.62.